The van der Waals surface area contributed by atoms with Gasteiger partial charge in [0.2, 0.25) is 5.91 Å². The van der Waals surface area contributed by atoms with E-state index in [1.54, 1.807) is 26.1 Å². The standard InChI is InChI=1S/C14H14N6O2/c1-9-12-13(19(2)17-9)14(22)20(18-16-12)8-11(21)15-10-6-4-3-5-7-10/h3-7H,8H2,1-2H3,(H,15,21). The predicted molar refractivity (Wildman–Crippen MR) is 80.4 cm³/mol. The van der Waals surface area contributed by atoms with Gasteiger partial charge < -0.3 is 5.32 Å². The number of benzene rings is 1. The average Bonchev–Trinajstić information content (AvgIpc) is 2.78. The molecular formula is C14H14N6O2. The minimum Gasteiger partial charge on any atom is -0.324 e. The van der Waals surface area contributed by atoms with E-state index < -0.39 is 5.56 Å². The van der Waals surface area contributed by atoms with Crippen molar-refractivity contribution in [3.8, 4) is 0 Å². The quantitative estimate of drug-likeness (QED) is 0.758. The minimum atomic E-state index is -0.392. The van der Waals surface area contributed by atoms with Gasteiger partial charge >= 0.3 is 0 Å². The molecule has 3 rings (SSSR count). The Kier molecular flexibility index (Phi) is 3.42. The van der Waals surface area contributed by atoms with Crippen LogP contribution in [0, 0.1) is 6.92 Å². The lowest BCUT2D eigenvalue weighted by Gasteiger charge is -2.06. The van der Waals surface area contributed by atoms with Gasteiger partial charge in [-0.05, 0) is 19.1 Å². The lowest BCUT2D eigenvalue weighted by molar-refractivity contribution is -0.117. The van der Waals surface area contributed by atoms with E-state index in [0.717, 1.165) is 4.68 Å². The molecule has 8 heteroatoms. The molecule has 1 amide bonds. The maximum absolute atomic E-state index is 12.4. The summed E-state index contributed by atoms with van der Waals surface area (Å²) in [5, 5.41) is 14.6. The number of hydrogen-bond donors (Lipinski definition) is 1. The molecule has 0 saturated carbocycles. The highest BCUT2D eigenvalue weighted by molar-refractivity contribution is 5.90. The van der Waals surface area contributed by atoms with Crippen LogP contribution >= 0.6 is 0 Å². The van der Waals surface area contributed by atoms with Crippen LogP contribution < -0.4 is 10.9 Å². The number of rotatable bonds is 3. The van der Waals surface area contributed by atoms with Crippen molar-refractivity contribution in [1.82, 2.24) is 24.8 Å². The summed E-state index contributed by atoms with van der Waals surface area (Å²) in [5.74, 6) is -0.346. The van der Waals surface area contributed by atoms with Crippen LogP contribution in [0.3, 0.4) is 0 Å². The first kappa shape index (κ1) is 13.9. The summed E-state index contributed by atoms with van der Waals surface area (Å²) in [6.45, 7) is 1.55. The van der Waals surface area contributed by atoms with E-state index in [9.17, 15) is 9.59 Å². The molecule has 3 aromatic rings. The molecule has 22 heavy (non-hydrogen) atoms. The van der Waals surface area contributed by atoms with Gasteiger partial charge in [-0.2, -0.15) is 9.78 Å². The summed E-state index contributed by atoms with van der Waals surface area (Å²) in [6.07, 6.45) is 0. The van der Waals surface area contributed by atoms with Gasteiger partial charge in [0.1, 0.15) is 12.1 Å². The molecule has 0 aliphatic rings. The van der Waals surface area contributed by atoms with E-state index >= 15 is 0 Å². The van der Waals surface area contributed by atoms with Crippen LogP contribution in [-0.4, -0.2) is 30.7 Å². The highest BCUT2D eigenvalue weighted by Crippen LogP contribution is 2.09. The number of carbonyl (C=O) groups is 1. The first-order chi connectivity index (χ1) is 10.6. The second kappa shape index (κ2) is 5.40. The van der Waals surface area contributed by atoms with E-state index in [2.05, 4.69) is 20.7 Å². The van der Waals surface area contributed by atoms with Gasteiger partial charge in [0.15, 0.2) is 5.52 Å². The Hall–Kier alpha value is -3.03. The van der Waals surface area contributed by atoms with Gasteiger partial charge in [-0.15, -0.1) is 5.10 Å². The van der Waals surface area contributed by atoms with Crippen LogP contribution in [-0.2, 0) is 18.4 Å². The Bertz CT molecular complexity index is 897. The van der Waals surface area contributed by atoms with Crippen molar-refractivity contribution in [2.75, 3.05) is 5.32 Å². The van der Waals surface area contributed by atoms with Crippen molar-refractivity contribution in [1.29, 1.82) is 0 Å². The zero-order chi connectivity index (χ0) is 15.7. The highest BCUT2D eigenvalue weighted by Gasteiger charge is 2.15. The topological polar surface area (TPSA) is 94.7 Å². The van der Waals surface area contributed by atoms with E-state index in [1.807, 2.05) is 18.2 Å². The second-order valence-corrected chi connectivity index (χ2v) is 4.87. The lowest BCUT2D eigenvalue weighted by Crippen LogP contribution is -2.31. The van der Waals surface area contributed by atoms with Gasteiger partial charge in [-0.1, -0.05) is 23.4 Å². The second-order valence-electron chi connectivity index (χ2n) is 4.87. The third-order valence-electron chi connectivity index (χ3n) is 3.23. The third kappa shape index (κ3) is 2.46. The van der Waals surface area contributed by atoms with E-state index in [1.165, 1.54) is 4.68 Å². The van der Waals surface area contributed by atoms with Crippen molar-refractivity contribution >= 4 is 22.6 Å². The molecule has 112 valence electrons. The first-order valence-electron chi connectivity index (χ1n) is 6.68. The molecule has 8 nitrogen and oxygen atoms in total. The molecular weight excluding hydrogens is 284 g/mol. The molecule has 0 unspecified atom stereocenters. The van der Waals surface area contributed by atoms with Gasteiger partial charge in [-0.3, -0.25) is 14.3 Å². The summed E-state index contributed by atoms with van der Waals surface area (Å²) in [7, 11) is 1.66. The maximum Gasteiger partial charge on any atom is 0.296 e. The summed E-state index contributed by atoms with van der Waals surface area (Å²) in [5.41, 5.74) is 1.68. The number of anilines is 1. The summed E-state index contributed by atoms with van der Waals surface area (Å²) in [6, 6.07) is 9.00. The van der Waals surface area contributed by atoms with Crippen molar-refractivity contribution in [2.24, 2.45) is 7.05 Å². The van der Waals surface area contributed by atoms with Gasteiger partial charge in [0.05, 0.1) is 5.69 Å². The zero-order valence-corrected chi connectivity index (χ0v) is 12.1. The van der Waals surface area contributed by atoms with E-state index in [4.69, 9.17) is 0 Å². The fraction of sp³-hybridized carbons (Fsp3) is 0.214. The van der Waals surface area contributed by atoms with Crippen LogP contribution in [0.15, 0.2) is 35.1 Å². The lowest BCUT2D eigenvalue weighted by atomic mass is 10.3. The molecule has 0 spiro atoms. The monoisotopic (exact) mass is 298 g/mol. The number of para-hydroxylation sites is 1. The van der Waals surface area contributed by atoms with Gasteiger partial charge in [0, 0.05) is 12.7 Å². The van der Waals surface area contributed by atoms with Gasteiger partial charge in [-0.25, -0.2) is 0 Å². The molecule has 1 aromatic carbocycles. The highest BCUT2D eigenvalue weighted by atomic mass is 16.2. The Balaban J connectivity index is 1.88. The fourth-order valence-corrected chi connectivity index (χ4v) is 2.23. The summed E-state index contributed by atoms with van der Waals surface area (Å²) in [4.78, 5) is 24.4. The van der Waals surface area contributed by atoms with Crippen molar-refractivity contribution in [2.45, 2.75) is 13.5 Å². The third-order valence-corrected chi connectivity index (χ3v) is 3.23. The molecule has 0 aliphatic heterocycles. The van der Waals surface area contributed by atoms with E-state index in [0.29, 0.717) is 22.4 Å². The Morgan fingerprint density at radius 1 is 1.27 bits per heavy atom. The van der Waals surface area contributed by atoms with Gasteiger partial charge in [0.25, 0.3) is 5.56 Å². The normalized spacial score (nSPS) is 10.8. The average molecular weight is 298 g/mol. The Labute approximate surface area is 125 Å². The van der Waals surface area contributed by atoms with Crippen LogP contribution in [0.2, 0.25) is 0 Å². The molecule has 0 radical (unpaired) electrons. The van der Waals surface area contributed by atoms with Crippen molar-refractivity contribution in [3.63, 3.8) is 0 Å². The van der Waals surface area contributed by atoms with Crippen molar-refractivity contribution in [3.05, 3.63) is 46.4 Å². The Morgan fingerprint density at radius 2 is 2.00 bits per heavy atom. The van der Waals surface area contributed by atoms with Crippen LogP contribution in [0.5, 0.6) is 0 Å². The van der Waals surface area contributed by atoms with Crippen molar-refractivity contribution < 1.29 is 4.79 Å². The fourth-order valence-electron chi connectivity index (χ4n) is 2.23. The van der Waals surface area contributed by atoms with Crippen LogP contribution in [0.4, 0.5) is 5.69 Å². The van der Waals surface area contributed by atoms with E-state index in [-0.39, 0.29) is 12.5 Å². The predicted octanol–water partition coefficient (Wildman–Crippen LogP) is 0.472. The number of hydrogen-bond acceptors (Lipinski definition) is 5. The van der Waals surface area contributed by atoms with Crippen LogP contribution in [0.1, 0.15) is 5.69 Å². The number of aromatic nitrogens is 5. The summed E-state index contributed by atoms with van der Waals surface area (Å²) < 4.78 is 2.48. The number of carbonyl (C=O) groups excluding carboxylic acids is 1. The number of aryl methyl sites for hydroxylation is 2. The maximum atomic E-state index is 12.4. The zero-order valence-electron chi connectivity index (χ0n) is 12.1. The number of amides is 1. The smallest absolute Gasteiger partial charge is 0.296 e. The summed E-state index contributed by atoms with van der Waals surface area (Å²) >= 11 is 0. The number of nitrogens with zero attached hydrogens (tertiary/aromatic N) is 5. The Morgan fingerprint density at radius 3 is 2.73 bits per heavy atom. The first-order valence-corrected chi connectivity index (χ1v) is 6.68. The molecule has 0 saturated heterocycles. The largest absolute Gasteiger partial charge is 0.324 e. The SMILES string of the molecule is Cc1nn(C)c2c(=O)n(CC(=O)Nc3ccccc3)nnc12. The molecule has 0 aliphatic carbocycles. The number of fused-ring (bicyclic) bond motifs is 1. The molecule has 2 heterocycles. The molecule has 2 aromatic heterocycles. The molecule has 0 bridgehead atoms. The molecule has 1 N–H and O–H groups in total. The molecule has 0 atom stereocenters. The number of nitrogens with one attached hydrogen (secondary N) is 1. The minimum absolute atomic E-state index is 0.207. The van der Waals surface area contributed by atoms with Crippen LogP contribution in [0.25, 0.3) is 11.0 Å². The molecule has 0 fully saturated rings.